The molecule has 1 aromatic carbocycles. The monoisotopic (exact) mass is 294 g/mol. The third kappa shape index (κ3) is 4.42. The smallest absolute Gasteiger partial charge is 0.222 e. The Hall–Kier alpha value is -0.0801. The Morgan fingerprint density at radius 1 is 1.31 bits per heavy atom. The summed E-state index contributed by atoms with van der Waals surface area (Å²) >= 11 is 0. The second kappa shape index (κ2) is 6.61. The summed E-state index contributed by atoms with van der Waals surface area (Å²) in [6, 6.07) is 4.80. The van der Waals surface area contributed by atoms with Crippen molar-refractivity contribution < 1.29 is 13.2 Å². The molecule has 0 fully saturated rings. The minimum absolute atomic E-state index is 0.0511. The molecule has 0 aliphatic heterocycles. The summed E-state index contributed by atoms with van der Waals surface area (Å²) in [7, 11) is 5.22. The first-order valence-electron chi connectivity index (χ1n) is 5.40. The van der Waals surface area contributed by atoms with Crippen molar-refractivity contribution in [1.29, 1.82) is 2.67 Å². The average Bonchev–Trinajstić information content (AvgIpc) is 2.38. The number of carbonyl (C=O) groups excluding carboxylic acids is 1. The van der Waals surface area contributed by atoms with Crippen molar-refractivity contribution in [1.82, 2.24) is 0 Å². The summed E-state index contributed by atoms with van der Waals surface area (Å²) in [4.78, 5) is 10.9. The van der Waals surface area contributed by atoms with Crippen LogP contribution in [0.15, 0.2) is 18.2 Å². The molecule has 0 saturated carbocycles. The number of aldehydes is 1. The van der Waals surface area contributed by atoms with Crippen LogP contribution < -0.4 is 8.37 Å². The molecule has 0 aliphatic carbocycles. The van der Waals surface area contributed by atoms with Gasteiger partial charge in [0.2, 0.25) is 14.2 Å². The summed E-state index contributed by atoms with van der Waals surface area (Å²) in [6.07, 6.45) is 0.685. The Morgan fingerprint density at radius 2 is 2.00 bits per heavy atom. The molecule has 0 aliphatic rings. The molecule has 16 heavy (non-hydrogen) atoms. The molecule has 84 valence electrons. The number of hydrogen-bond donors (Lipinski definition) is 0. The highest BCUT2D eigenvalue weighted by Gasteiger charge is 2.06. The van der Waals surface area contributed by atoms with E-state index < -0.39 is 20.4 Å². The van der Waals surface area contributed by atoms with Gasteiger partial charge in [0.1, 0.15) is 11.5 Å². The SMILES string of the molecule is [3H]BS(=P)Oc1ccc(C=O)c(OS(=P)B[3H])c1. The molecule has 2 unspecified atom stereocenters. The molecular formula is C7H10B2O3P2S2. The van der Waals surface area contributed by atoms with E-state index in [0.717, 1.165) is 0 Å². The van der Waals surface area contributed by atoms with Crippen LogP contribution in [0.3, 0.4) is 0 Å². The minimum Gasteiger partial charge on any atom is -0.442 e. The van der Waals surface area contributed by atoms with E-state index in [-0.39, 0.29) is 14.2 Å². The van der Waals surface area contributed by atoms with Gasteiger partial charge in [0.05, 0.1) is 5.56 Å². The van der Waals surface area contributed by atoms with Crippen molar-refractivity contribution in [3.8, 4) is 11.5 Å². The number of rotatable bonds is 7. The summed E-state index contributed by atoms with van der Waals surface area (Å²) in [5, 5.41) is 0. The quantitative estimate of drug-likeness (QED) is 0.418. The molecule has 0 bridgehead atoms. The lowest BCUT2D eigenvalue weighted by Crippen LogP contribution is -2.00. The normalized spacial score (nSPS) is 15.0. The Bertz CT molecular complexity index is 492. The Morgan fingerprint density at radius 3 is 2.62 bits per heavy atom. The zero-order valence-electron chi connectivity index (χ0n) is 10.3. The van der Waals surface area contributed by atoms with Crippen molar-refractivity contribution in [3.63, 3.8) is 0 Å². The third-order valence-electron chi connectivity index (χ3n) is 1.50. The van der Waals surface area contributed by atoms with E-state index in [1.165, 1.54) is 0 Å². The molecule has 1 rings (SSSR count). The van der Waals surface area contributed by atoms with E-state index in [2.05, 4.69) is 16.0 Å². The van der Waals surface area contributed by atoms with Crippen LogP contribution in [0.25, 0.3) is 0 Å². The first-order valence-corrected chi connectivity index (χ1v) is 9.08. The predicted molar refractivity (Wildman–Crippen MR) is 81.5 cm³/mol. The Balaban J connectivity index is 2.97. The van der Waals surface area contributed by atoms with E-state index in [0.29, 0.717) is 23.3 Å². The molecule has 1 aromatic rings. The maximum absolute atomic E-state index is 10.9. The Kier molecular flexibility index (Phi) is 4.56. The molecule has 0 amide bonds. The van der Waals surface area contributed by atoms with Crippen molar-refractivity contribution in [2.24, 2.45) is 0 Å². The average molecular weight is 294 g/mol. The lowest BCUT2D eigenvalue weighted by molar-refractivity contribution is 0.112. The van der Waals surface area contributed by atoms with Crippen LogP contribution in [0.1, 0.15) is 10.4 Å². The highest BCUT2D eigenvalue weighted by atomic mass is 32.5. The fraction of sp³-hybridized carbons (Fsp3) is 0. The summed E-state index contributed by atoms with van der Waals surface area (Å²) in [6.45, 7) is 0. The minimum atomic E-state index is -0.752. The molecule has 0 spiro atoms. The first kappa shape index (κ1) is 11.0. The highest BCUT2D eigenvalue weighted by Crippen LogP contribution is 2.25. The maximum atomic E-state index is 10.9. The number of hydrogen-bond acceptors (Lipinski definition) is 3. The molecule has 2 atom stereocenters. The van der Waals surface area contributed by atoms with Crippen LogP contribution in [0.5, 0.6) is 11.5 Å². The molecule has 0 radical (unpaired) electrons. The fourth-order valence-corrected chi connectivity index (χ4v) is 2.22. The predicted octanol–water partition coefficient (Wildman–Crippen LogP) is 0.535. The second-order valence-corrected chi connectivity index (χ2v) is 7.12. The molecule has 0 aromatic heterocycles. The zero-order valence-corrected chi connectivity index (χ0v) is 11.9. The van der Waals surface area contributed by atoms with Crippen molar-refractivity contribution in [2.75, 3.05) is 0 Å². The molecule has 0 saturated heterocycles. The Labute approximate surface area is 108 Å². The van der Waals surface area contributed by atoms with E-state index in [9.17, 15) is 4.79 Å². The van der Waals surface area contributed by atoms with Crippen molar-refractivity contribution >= 4 is 56.9 Å². The van der Waals surface area contributed by atoms with Gasteiger partial charge in [0, 0.05) is 6.07 Å². The van der Waals surface area contributed by atoms with E-state index in [1.807, 2.05) is 0 Å². The van der Waals surface area contributed by atoms with E-state index in [4.69, 9.17) is 11.0 Å². The van der Waals surface area contributed by atoms with Gasteiger partial charge in [0.25, 0.3) is 0 Å². The van der Waals surface area contributed by atoms with Gasteiger partial charge in [-0.05, 0) is 35.2 Å². The van der Waals surface area contributed by atoms with Crippen LogP contribution in [-0.2, 0) is 20.4 Å². The summed E-state index contributed by atoms with van der Waals surface area (Å²) in [5.41, 5.74) is 0.395. The summed E-state index contributed by atoms with van der Waals surface area (Å²) in [5.74, 6) is 0.872. The fourth-order valence-electron chi connectivity index (χ4n) is 0.961. The molecular weight excluding hydrogens is 280 g/mol. The number of benzene rings is 1. The molecule has 3 nitrogen and oxygen atoms in total. The lowest BCUT2D eigenvalue weighted by atomic mass is 10.2. The molecule has 0 heterocycles. The zero-order chi connectivity index (χ0) is 13.5. The van der Waals surface area contributed by atoms with Gasteiger partial charge < -0.3 is 8.37 Å². The van der Waals surface area contributed by atoms with Gasteiger partial charge in [-0.25, -0.2) is 0 Å². The maximum Gasteiger partial charge on any atom is 0.222 e. The van der Waals surface area contributed by atoms with Crippen molar-refractivity contribution in [2.45, 2.75) is 0 Å². The lowest BCUT2D eigenvalue weighted by Gasteiger charge is -2.10. The standard InChI is InChI=1S/C7H10B2O3P2S2/c8-15(13)11-6-2-1-5(4-10)7(3-6)12-16(9)14/h1-4,13-14H,8-9H2/i8T,9T. The van der Waals surface area contributed by atoms with Crippen LogP contribution in [0.2, 0.25) is 0 Å². The largest absolute Gasteiger partial charge is 0.442 e. The van der Waals surface area contributed by atoms with Crippen molar-refractivity contribution in [3.05, 3.63) is 23.8 Å². The van der Waals surface area contributed by atoms with Crippen LogP contribution in [-0.4, -0.2) is 23.1 Å². The van der Waals surface area contributed by atoms with Gasteiger partial charge in [-0.2, -0.15) is 0 Å². The van der Waals surface area contributed by atoms with E-state index in [1.54, 1.807) is 18.2 Å². The van der Waals surface area contributed by atoms with Crippen LogP contribution in [0.4, 0.5) is 0 Å². The third-order valence-corrected chi connectivity index (χ3v) is 2.77. The first-order chi connectivity index (χ1) is 8.60. The second-order valence-electron chi connectivity index (χ2n) is 2.68. The summed E-state index contributed by atoms with van der Waals surface area (Å²) < 4.78 is 25.2. The highest BCUT2D eigenvalue weighted by molar-refractivity contribution is 8.28. The van der Waals surface area contributed by atoms with Crippen LogP contribution >= 0.6 is 16.0 Å². The van der Waals surface area contributed by atoms with Gasteiger partial charge in [0.15, 0.2) is 6.29 Å². The number of carbonyl (C=O) groups is 1. The van der Waals surface area contributed by atoms with Gasteiger partial charge in [-0.15, -0.1) is 0 Å². The molecule has 0 N–H and O–H groups in total. The van der Waals surface area contributed by atoms with Gasteiger partial charge in [-0.3, -0.25) is 4.79 Å². The topological polar surface area (TPSA) is 35.5 Å². The van der Waals surface area contributed by atoms with Gasteiger partial charge in [-0.1, -0.05) is 16.0 Å². The van der Waals surface area contributed by atoms with Gasteiger partial charge >= 0.3 is 0 Å². The molecule has 9 heteroatoms. The van der Waals surface area contributed by atoms with Crippen LogP contribution in [0, 0.1) is 0 Å². The van der Waals surface area contributed by atoms with E-state index >= 15 is 0 Å².